The minimum Gasteiger partial charge on any atom is -0.444 e. The number of likely N-dealkylation sites (tertiary alicyclic amines) is 1. The molecule has 1 fully saturated rings. The van der Waals surface area contributed by atoms with Crippen molar-refractivity contribution in [3.05, 3.63) is 34.4 Å². The average Bonchev–Trinajstić information content (AvgIpc) is 2.52. The van der Waals surface area contributed by atoms with Crippen molar-refractivity contribution in [3.8, 4) is 0 Å². The molecular weight excluding hydrogens is 310 g/mol. The summed E-state index contributed by atoms with van der Waals surface area (Å²) in [6.45, 7) is 7.53. The largest absolute Gasteiger partial charge is 0.444 e. The average molecular weight is 335 g/mol. The summed E-state index contributed by atoms with van der Waals surface area (Å²) in [7, 11) is 0. The Bertz CT molecular complexity index is 590. The molecule has 7 heteroatoms. The Labute approximate surface area is 142 Å². The van der Waals surface area contributed by atoms with Crippen LogP contribution in [0.5, 0.6) is 0 Å². The molecular formula is C17H25N3O4. The molecule has 0 bridgehead atoms. The van der Waals surface area contributed by atoms with Crippen LogP contribution in [-0.2, 0) is 4.74 Å². The molecule has 1 aromatic rings. The number of hydrogen-bond acceptors (Lipinski definition) is 5. The third kappa shape index (κ3) is 5.11. The minimum absolute atomic E-state index is 0.0868. The van der Waals surface area contributed by atoms with Crippen LogP contribution in [-0.4, -0.2) is 41.2 Å². The fourth-order valence-corrected chi connectivity index (χ4v) is 2.68. The van der Waals surface area contributed by atoms with Gasteiger partial charge in [0, 0.05) is 25.7 Å². The number of hydrogen-bond donors (Lipinski definition) is 1. The zero-order chi connectivity index (χ0) is 17.7. The van der Waals surface area contributed by atoms with Crippen molar-refractivity contribution in [1.29, 1.82) is 0 Å². The van der Waals surface area contributed by atoms with E-state index in [1.165, 1.54) is 6.07 Å². The first kappa shape index (κ1) is 18.0. The highest BCUT2D eigenvalue weighted by atomic mass is 16.6. The molecule has 132 valence electrons. The third-order valence-electron chi connectivity index (χ3n) is 3.95. The maximum atomic E-state index is 12.0. The van der Waals surface area contributed by atoms with Crippen molar-refractivity contribution < 1.29 is 14.5 Å². The molecule has 1 aromatic carbocycles. The van der Waals surface area contributed by atoms with Crippen LogP contribution >= 0.6 is 0 Å². The van der Waals surface area contributed by atoms with Gasteiger partial charge in [-0.1, -0.05) is 12.1 Å². The third-order valence-corrected chi connectivity index (χ3v) is 3.95. The highest BCUT2D eigenvalue weighted by Gasteiger charge is 2.27. The summed E-state index contributed by atoms with van der Waals surface area (Å²) in [6.07, 6.45) is 1.44. The smallest absolute Gasteiger partial charge is 0.410 e. The van der Waals surface area contributed by atoms with Crippen molar-refractivity contribution in [2.75, 3.05) is 25.0 Å². The lowest BCUT2D eigenvalue weighted by molar-refractivity contribution is -0.384. The van der Waals surface area contributed by atoms with Crippen molar-refractivity contribution in [1.82, 2.24) is 4.90 Å². The Hall–Kier alpha value is -2.31. The van der Waals surface area contributed by atoms with Gasteiger partial charge in [0.05, 0.1) is 4.92 Å². The summed E-state index contributed by atoms with van der Waals surface area (Å²) in [5, 5.41) is 14.2. The van der Waals surface area contributed by atoms with E-state index in [1.54, 1.807) is 23.1 Å². The first-order valence-electron chi connectivity index (χ1n) is 8.21. The Morgan fingerprint density at radius 1 is 1.33 bits per heavy atom. The number of para-hydroxylation sites is 2. The second-order valence-electron chi connectivity index (χ2n) is 7.07. The number of rotatable bonds is 4. The zero-order valence-electron chi connectivity index (χ0n) is 14.4. The molecule has 1 aliphatic rings. The van der Waals surface area contributed by atoms with Crippen LogP contribution in [0.2, 0.25) is 0 Å². The number of amides is 1. The van der Waals surface area contributed by atoms with Gasteiger partial charge in [-0.3, -0.25) is 10.1 Å². The van der Waals surface area contributed by atoms with Gasteiger partial charge in [-0.2, -0.15) is 0 Å². The lowest BCUT2D eigenvalue weighted by atomic mass is 9.97. The molecule has 7 nitrogen and oxygen atoms in total. The van der Waals surface area contributed by atoms with E-state index in [1.807, 2.05) is 20.8 Å². The molecule has 0 atom stereocenters. The lowest BCUT2D eigenvalue weighted by Gasteiger charge is -2.33. The van der Waals surface area contributed by atoms with Crippen molar-refractivity contribution >= 4 is 17.5 Å². The molecule has 1 saturated heterocycles. The number of anilines is 1. The molecule has 0 saturated carbocycles. The van der Waals surface area contributed by atoms with Crippen molar-refractivity contribution in [2.24, 2.45) is 5.92 Å². The highest BCUT2D eigenvalue weighted by Crippen LogP contribution is 2.25. The van der Waals surface area contributed by atoms with Crippen molar-refractivity contribution in [2.45, 2.75) is 39.2 Å². The quantitative estimate of drug-likeness (QED) is 0.670. The van der Waals surface area contributed by atoms with Crippen LogP contribution in [0.4, 0.5) is 16.2 Å². The fourth-order valence-electron chi connectivity index (χ4n) is 2.68. The number of carbonyl (C=O) groups is 1. The maximum absolute atomic E-state index is 12.0. The van der Waals surface area contributed by atoms with Crippen LogP contribution in [0.15, 0.2) is 24.3 Å². The van der Waals surface area contributed by atoms with E-state index in [4.69, 9.17) is 4.74 Å². The molecule has 1 N–H and O–H groups in total. The minimum atomic E-state index is -0.484. The van der Waals surface area contributed by atoms with Gasteiger partial charge >= 0.3 is 6.09 Å². The molecule has 0 aromatic heterocycles. The number of nitrogens with zero attached hydrogens (tertiary/aromatic N) is 2. The summed E-state index contributed by atoms with van der Waals surface area (Å²) in [4.78, 5) is 24.4. The summed E-state index contributed by atoms with van der Waals surface area (Å²) in [5.74, 6) is 0.378. The van der Waals surface area contributed by atoms with Crippen LogP contribution in [0.3, 0.4) is 0 Å². The van der Waals surface area contributed by atoms with E-state index in [0.717, 1.165) is 12.8 Å². The molecule has 24 heavy (non-hydrogen) atoms. The van der Waals surface area contributed by atoms with Crippen LogP contribution in [0.1, 0.15) is 33.6 Å². The summed E-state index contributed by atoms with van der Waals surface area (Å²) < 4.78 is 5.38. The van der Waals surface area contributed by atoms with Crippen LogP contribution in [0.25, 0.3) is 0 Å². The summed E-state index contributed by atoms with van der Waals surface area (Å²) in [6, 6.07) is 6.64. The second-order valence-corrected chi connectivity index (χ2v) is 7.07. The van der Waals surface area contributed by atoms with Gasteiger partial charge in [0.2, 0.25) is 0 Å². The van der Waals surface area contributed by atoms with E-state index in [9.17, 15) is 14.9 Å². The molecule has 1 amide bonds. The SMILES string of the molecule is CC(C)(C)OC(=O)N1CCC(CNc2ccccc2[N+](=O)[O-])CC1. The molecule has 1 heterocycles. The first-order chi connectivity index (χ1) is 11.3. The monoisotopic (exact) mass is 335 g/mol. The van der Waals surface area contributed by atoms with E-state index in [-0.39, 0.29) is 16.7 Å². The van der Waals surface area contributed by atoms with E-state index >= 15 is 0 Å². The number of piperidine rings is 1. The Morgan fingerprint density at radius 2 is 1.96 bits per heavy atom. The number of carbonyl (C=O) groups excluding carboxylic acids is 1. The highest BCUT2D eigenvalue weighted by molar-refractivity contribution is 5.68. The number of nitro groups is 1. The van der Waals surface area contributed by atoms with Gasteiger partial charge in [0.1, 0.15) is 11.3 Å². The van der Waals surface area contributed by atoms with E-state index in [0.29, 0.717) is 31.2 Å². The van der Waals surface area contributed by atoms with Gasteiger partial charge in [0.25, 0.3) is 5.69 Å². The van der Waals surface area contributed by atoms with Gasteiger partial charge in [-0.25, -0.2) is 4.79 Å². The molecule has 0 spiro atoms. The van der Waals surface area contributed by atoms with Gasteiger partial charge in [-0.05, 0) is 45.6 Å². The summed E-state index contributed by atoms with van der Waals surface area (Å²) >= 11 is 0. The standard InChI is InChI=1S/C17H25N3O4/c1-17(2,3)24-16(21)19-10-8-13(9-11-19)12-18-14-6-4-5-7-15(14)20(22)23/h4-7,13,18H,8-12H2,1-3H3. The van der Waals surface area contributed by atoms with Gasteiger partial charge < -0.3 is 15.0 Å². The summed E-state index contributed by atoms with van der Waals surface area (Å²) in [5.41, 5.74) is 0.141. The molecule has 0 aliphatic carbocycles. The zero-order valence-corrected chi connectivity index (χ0v) is 14.4. The lowest BCUT2D eigenvalue weighted by Crippen LogP contribution is -2.42. The predicted molar refractivity (Wildman–Crippen MR) is 92.1 cm³/mol. The van der Waals surface area contributed by atoms with E-state index < -0.39 is 5.60 Å². The second kappa shape index (κ2) is 7.51. The van der Waals surface area contributed by atoms with Gasteiger partial charge in [0.15, 0.2) is 0 Å². The number of nitrogens with one attached hydrogen (secondary N) is 1. The van der Waals surface area contributed by atoms with E-state index in [2.05, 4.69) is 5.32 Å². The Balaban J connectivity index is 1.82. The molecule has 1 aliphatic heterocycles. The molecule has 2 rings (SSSR count). The number of nitro benzene ring substituents is 1. The topological polar surface area (TPSA) is 84.7 Å². The van der Waals surface area contributed by atoms with Gasteiger partial charge in [-0.15, -0.1) is 0 Å². The molecule has 0 unspecified atom stereocenters. The van der Waals surface area contributed by atoms with Crippen molar-refractivity contribution in [3.63, 3.8) is 0 Å². The first-order valence-corrected chi connectivity index (χ1v) is 8.21. The normalized spacial score (nSPS) is 15.9. The fraction of sp³-hybridized carbons (Fsp3) is 0.588. The molecule has 0 radical (unpaired) electrons. The van der Waals surface area contributed by atoms with Crippen LogP contribution in [0, 0.1) is 16.0 Å². The maximum Gasteiger partial charge on any atom is 0.410 e. The Kier molecular flexibility index (Phi) is 5.64. The predicted octanol–water partition coefficient (Wildman–Crippen LogP) is 3.65. The van der Waals surface area contributed by atoms with Crippen LogP contribution < -0.4 is 5.32 Å². The number of ether oxygens (including phenoxy) is 1. The Morgan fingerprint density at radius 3 is 2.54 bits per heavy atom. The number of benzene rings is 1.